The fraction of sp³-hybridized carbons (Fsp3) is 0.581. The molecule has 0 aliphatic carbocycles. The minimum absolute atomic E-state index is 0.119. The average Bonchev–Trinajstić information content (AvgIpc) is 3.11. The van der Waals surface area contributed by atoms with Crippen LogP contribution in [-0.4, -0.2) is 41.0 Å². The van der Waals surface area contributed by atoms with Crippen molar-refractivity contribution >= 4 is 19.8 Å². The third-order valence-electron chi connectivity index (χ3n) is 7.58. The number of phosphoric ester groups is 1. The van der Waals surface area contributed by atoms with Gasteiger partial charge in [-0.3, -0.25) is 14.1 Å². The van der Waals surface area contributed by atoms with Crippen molar-refractivity contribution in [3.63, 3.8) is 0 Å². The largest absolute Gasteiger partial charge is 0.469 e. The number of ether oxygens (including phenoxy) is 2. The zero-order chi connectivity index (χ0) is 38.2. The molecule has 0 aliphatic rings. The fourth-order valence-electron chi connectivity index (χ4n) is 4.65. The molecule has 0 rings (SSSR count). The van der Waals surface area contributed by atoms with Gasteiger partial charge >= 0.3 is 19.8 Å². The lowest BCUT2D eigenvalue weighted by atomic mass is 10.2. The number of esters is 2. The first kappa shape index (κ1) is 49.0. The second-order valence-corrected chi connectivity index (χ2v) is 13.8. The SMILES string of the molecule is CCCCCC=CCC=CCC=CCC=CCCCC(=O)OC[C@H](COP(=O)(O)O)OC(=O)CCCC=CCC=CCC=CCC=CCCCCC. The number of unbranched alkanes of at least 4 members (excludes halogenated alkanes) is 8. The van der Waals surface area contributed by atoms with Gasteiger partial charge in [0.15, 0.2) is 6.10 Å². The van der Waals surface area contributed by atoms with Crippen LogP contribution in [0.5, 0.6) is 0 Å². The highest BCUT2D eigenvalue weighted by molar-refractivity contribution is 7.46. The molecule has 0 unspecified atom stereocenters. The van der Waals surface area contributed by atoms with Gasteiger partial charge in [-0.2, -0.15) is 0 Å². The zero-order valence-corrected chi connectivity index (χ0v) is 33.1. The number of carbonyl (C=O) groups excluding carboxylic acids is 2. The minimum atomic E-state index is -4.79. The van der Waals surface area contributed by atoms with E-state index in [2.05, 4.69) is 97.4 Å². The fourth-order valence-corrected chi connectivity index (χ4v) is 5.01. The van der Waals surface area contributed by atoms with Gasteiger partial charge in [-0.15, -0.1) is 0 Å². The highest BCUT2D eigenvalue weighted by Crippen LogP contribution is 2.35. The molecule has 9 heteroatoms. The molecule has 52 heavy (non-hydrogen) atoms. The Morgan fingerprint density at radius 1 is 0.500 bits per heavy atom. The summed E-state index contributed by atoms with van der Waals surface area (Å²) in [5, 5.41) is 0. The van der Waals surface area contributed by atoms with Crippen LogP contribution in [0.4, 0.5) is 0 Å². The van der Waals surface area contributed by atoms with Gasteiger partial charge in [0.1, 0.15) is 6.61 Å². The van der Waals surface area contributed by atoms with E-state index in [0.29, 0.717) is 25.7 Å². The molecule has 8 nitrogen and oxygen atoms in total. The summed E-state index contributed by atoms with van der Waals surface area (Å²) < 4.78 is 26.2. The third kappa shape index (κ3) is 39.8. The van der Waals surface area contributed by atoms with E-state index in [1.807, 2.05) is 18.2 Å². The molecule has 0 spiro atoms. The number of phosphoric acid groups is 1. The molecule has 0 amide bonds. The van der Waals surface area contributed by atoms with E-state index < -0.39 is 32.5 Å². The van der Waals surface area contributed by atoms with Crippen LogP contribution in [0.3, 0.4) is 0 Å². The van der Waals surface area contributed by atoms with Gasteiger partial charge in [0.05, 0.1) is 6.61 Å². The summed E-state index contributed by atoms with van der Waals surface area (Å²) in [6.07, 6.45) is 51.4. The summed E-state index contributed by atoms with van der Waals surface area (Å²) in [5.74, 6) is -1.03. The van der Waals surface area contributed by atoms with Crippen LogP contribution in [0, 0.1) is 0 Å². The number of rotatable bonds is 34. The molecule has 0 aliphatic heterocycles. The van der Waals surface area contributed by atoms with Gasteiger partial charge in [0, 0.05) is 12.8 Å². The molecule has 1 atom stereocenters. The number of hydrogen-bond donors (Lipinski definition) is 2. The topological polar surface area (TPSA) is 119 Å². The summed E-state index contributed by atoms with van der Waals surface area (Å²) in [6, 6.07) is 0. The van der Waals surface area contributed by atoms with Crippen LogP contribution in [0.25, 0.3) is 0 Å². The van der Waals surface area contributed by atoms with E-state index in [0.717, 1.165) is 44.9 Å². The van der Waals surface area contributed by atoms with Crippen molar-refractivity contribution in [2.75, 3.05) is 13.2 Å². The Morgan fingerprint density at radius 3 is 1.21 bits per heavy atom. The maximum atomic E-state index is 12.4. The lowest BCUT2D eigenvalue weighted by Gasteiger charge is -2.18. The van der Waals surface area contributed by atoms with Crippen molar-refractivity contribution in [3.8, 4) is 0 Å². The summed E-state index contributed by atoms with van der Waals surface area (Å²) in [7, 11) is -4.79. The van der Waals surface area contributed by atoms with E-state index in [-0.39, 0.29) is 19.4 Å². The van der Waals surface area contributed by atoms with Gasteiger partial charge < -0.3 is 19.3 Å². The molecule has 294 valence electrons. The quantitative estimate of drug-likeness (QED) is 0.0289. The van der Waals surface area contributed by atoms with E-state index in [4.69, 9.17) is 19.3 Å². The Bertz CT molecular complexity index is 1160. The highest BCUT2D eigenvalue weighted by Gasteiger charge is 2.22. The Labute approximate surface area is 315 Å². The first-order valence-electron chi connectivity index (χ1n) is 19.5. The van der Waals surface area contributed by atoms with E-state index in [1.165, 1.54) is 44.9 Å². The summed E-state index contributed by atoms with van der Waals surface area (Å²) in [4.78, 5) is 42.7. The van der Waals surface area contributed by atoms with Crippen LogP contribution < -0.4 is 0 Å². The van der Waals surface area contributed by atoms with Gasteiger partial charge in [0.2, 0.25) is 0 Å². The second kappa shape index (κ2) is 37.7. The van der Waals surface area contributed by atoms with E-state index in [9.17, 15) is 14.2 Å². The Hall–Kier alpha value is -3.03. The van der Waals surface area contributed by atoms with Gasteiger partial charge in [-0.1, -0.05) is 137 Å². The lowest BCUT2D eigenvalue weighted by Crippen LogP contribution is -2.29. The monoisotopic (exact) mass is 744 g/mol. The first-order chi connectivity index (χ1) is 25.3. The summed E-state index contributed by atoms with van der Waals surface area (Å²) in [5.41, 5.74) is 0. The summed E-state index contributed by atoms with van der Waals surface area (Å²) >= 11 is 0. The molecule has 0 saturated carbocycles. The first-order valence-corrected chi connectivity index (χ1v) is 21.1. The molecular weight excluding hydrogens is 675 g/mol. The molecule has 0 radical (unpaired) electrons. The predicted molar refractivity (Wildman–Crippen MR) is 216 cm³/mol. The van der Waals surface area contributed by atoms with Crippen molar-refractivity contribution in [2.24, 2.45) is 0 Å². The van der Waals surface area contributed by atoms with Gasteiger partial charge in [-0.05, 0) is 89.9 Å². The van der Waals surface area contributed by atoms with Crippen LogP contribution in [0.2, 0.25) is 0 Å². The second-order valence-electron chi connectivity index (χ2n) is 12.5. The summed E-state index contributed by atoms with van der Waals surface area (Å²) in [6.45, 7) is 3.51. The van der Waals surface area contributed by atoms with Gasteiger partial charge in [0.25, 0.3) is 0 Å². The third-order valence-corrected chi connectivity index (χ3v) is 8.06. The van der Waals surface area contributed by atoms with Crippen molar-refractivity contribution in [1.29, 1.82) is 0 Å². The molecule has 0 bridgehead atoms. The van der Waals surface area contributed by atoms with E-state index in [1.54, 1.807) is 0 Å². The van der Waals surface area contributed by atoms with Crippen LogP contribution >= 0.6 is 7.82 Å². The number of carbonyl (C=O) groups is 2. The maximum Gasteiger partial charge on any atom is 0.469 e. The molecule has 0 fully saturated rings. The zero-order valence-electron chi connectivity index (χ0n) is 32.2. The van der Waals surface area contributed by atoms with Crippen LogP contribution in [-0.2, 0) is 28.2 Å². The Balaban J connectivity index is 4.18. The molecule has 0 heterocycles. The smallest absolute Gasteiger partial charge is 0.462 e. The normalized spacial score (nSPS) is 13.5. The molecule has 2 N–H and O–H groups in total. The molecule has 0 aromatic heterocycles. The lowest BCUT2D eigenvalue weighted by molar-refractivity contribution is -0.161. The minimum Gasteiger partial charge on any atom is -0.462 e. The average molecular weight is 745 g/mol. The van der Waals surface area contributed by atoms with Crippen LogP contribution in [0.1, 0.15) is 142 Å². The Morgan fingerprint density at radius 2 is 0.846 bits per heavy atom. The van der Waals surface area contributed by atoms with E-state index >= 15 is 0 Å². The van der Waals surface area contributed by atoms with Crippen molar-refractivity contribution in [1.82, 2.24) is 0 Å². The highest BCUT2D eigenvalue weighted by atomic mass is 31.2. The molecule has 0 aromatic rings. The predicted octanol–water partition coefficient (Wildman–Crippen LogP) is 11.8. The van der Waals surface area contributed by atoms with Crippen molar-refractivity contribution in [3.05, 3.63) is 97.2 Å². The van der Waals surface area contributed by atoms with Crippen LogP contribution in [0.15, 0.2) is 97.2 Å². The van der Waals surface area contributed by atoms with Gasteiger partial charge in [-0.25, -0.2) is 4.57 Å². The van der Waals surface area contributed by atoms with Crippen molar-refractivity contribution in [2.45, 2.75) is 148 Å². The van der Waals surface area contributed by atoms with Crippen molar-refractivity contribution < 1.29 is 37.9 Å². The molecule has 0 aromatic carbocycles. The molecule has 0 saturated heterocycles. The number of allylic oxidation sites excluding steroid dienone is 16. The maximum absolute atomic E-state index is 12.4. The standard InChI is InChI=1S/C43H69O8P/c1-3-5-7-9-11-13-15-17-19-21-23-25-27-29-31-33-35-37-42(44)49-39-41(40-50-52(46,47)48)51-43(45)38-36-34-32-30-28-26-24-22-20-18-16-14-12-10-8-6-4-2/h11-14,17-20,23-26,29-32,41H,3-10,15-16,21-22,27-28,33-40H2,1-2H3,(H2,46,47,48)/t41-/m1/s1. The molecular formula is C43H69O8P. The number of hydrogen-bond acceptors (Lipinski definition) is 6. The Kier molecular flexibility index (Phi) is 35.5.